The average Bonchev–Trinajstić information content (AvgIpc) is 2.36. The van der Waals surface area contributed by atoms with Crippen molar-refractivity contribution in [2.24, 2.45) is 11.8 Å². The second-order valence-electron chi connectivity index (χ2n) is 6.00. The molecular formula is C17H23Cl2NO. The zero-order chi connectivity index (χ0) is 16.0. The predicted octanol–water partition coefficient (Wildman–Crippen LogP) is 5.15. The highest BCUT2D eigenvalue weighted by Gasteiger charge is 2.14. The predicted molar refractivity (Wildman–Crippen MR) is 91.8 cm³/mol. The van der Waals surface area contributed by atoms with Crippen molar-refractivity contribution >= 4 is 35.2 Å². The highest BCUT2D eigenvalue weighted by Crippen LogP contribution is 2.25. The monoisotopic (exact) mass is 327 g/mol. The average molecular weight is 328 g/mol. The minimum Gasteiger partial charge on any atom is -0.339 e. The molecule has 0 aromatic heterocycles. The number of hydrogen-bond donors (Lipinski definition) is 0. The molecule has 1 amide bonds. The third-order valence-electron chi connectivity index (χ3n) is 2.88. The van der Waals surface area contributed by atoms with Crippen LogP contribution in [-0.2, 0) is 4.79 Å². The van der Waals surface area contributed by atoms with E-state index in [-0.39, 0.29) is 5.91 Å². The maximum absolute atomic E-state index is 12.4. The Hall–Kier alpha value is -0.990. The molecule has 1 rings (SSSR count). The highest BCUT2D eigenvalue weighted by atomic mass is 35.5. The SMILES string of the molecule is CC(C)CN(CC(C)C)C(=O)/C=C/c1c(Cl)cccc1Cl. The molecule has 0 fully saturated rings. The van der Waals surface area contributed by atoms with E-state index >= 15 is 0 Å². The molecule has 0 aliphatic rings. The van der Waals surface area contributed by atoms with E-state index in [9.17, 15) is 4.79 Å². The van der Waals surface area contributed by atoms with Gasteiger partial charge in [0.2, 0.25) is 5.91 Å². The van der Waals surface area contributed by atoms with E-state index in [1.165, 1.54) is 0 Å². The van der Waals surface area contributed by atoms with Gasteiger partial charge in [-0.25, -0.2) is 0 Å². The van der Waals surface area contributed by atoms with Crippen molar-refractivity contribution in [1.29, 1.82) is 0 Å². The Morgan fingerprint density at radius 1 is 1.10 bits per heavy atom. The van der Waals surface area contributed by atoms with Gasteiger partial charge in [-0.15, -0.1) is 0 Å². The summed E-state index contributed by atoms with van der Waals surface area (Å²) < 4.78 is 0. The number of hydrogen-bond acceptors (Lipinski definition) is 1. The third kappa shape index (κ3) is 6.11. The molecule has 0 bridgehead atoms. The van der Waals surface area contributed by atoms with Gasteiger partial charge in [0.05, 0.1) is 0 Å². The summed E-state index contributed by atoms with van der Waals surface area (Å²) in [5.74, 6) is 0.864. The molecule has 0 heterocycles. The number of benzene rings is 1. The minimum atomic E-state index is -0.00612. The van der Waals surface area contributed by atoms with Gasteiger partial charge in [0.1, 0.15) is 0 Å². The molecule has 2 nitrogen and oxygen atoms in total. The summed E-state index contributed by atoms with van der Waals surface area (Å²) in [5, 5.41) is 1.09. The molecule has 4 heteroatoms. The molecule has 1 aromatic rings. The Morgan fingerprint density at radius 3 is 2.00 bits per heavy atom. The van der Waals surface area contributed by atoms with Crippen LogP contribution in [0.5, 0.6) is 0 Å². The number of halogens is 2. The fourth-order valence-corrected chi connectivity index (χ4v) is 2.59. The first kappa shape index (κ1) is 18.1. The molecule has 1 aromatic carbocycles. The van der Waals surface area contributed by atoms with Gasteiger partial charge in [-0.1, -0.05) is 57.0 Å². The molecule has 0 N–H and O–H groups in total. The summed E-state index contributed by atoms with van der Waals surface area (Å²) in [6, 6.07) is 5.31. The van der Waals surface area contributed by atoms with Gasteiger partial charge in [-0.3, -0.25) is 4.79 Å². The van der Waals surface area contributed by atoms with E-state index in [4.69, 9.17) is 23.2 Å². The van der Waals surface area contributed by atoms with Gasteiger partial charge in [0.25, 0.3) is 0 Å². The van der Waals surface area contributed by atoms with Gasteiger partial charge < -0.3 is 4.90 Å². The third-order valence-corrected chi connectivity index (χ3v) is 3.53. The van der Waals surface area contributed by atoms with Crippen molar-refractivity contribution in [1.82, 2.24) is 4.90 Å². The fourth-order valence-electron chi connectivity index (χ4n) is 2.07. The summed E-state index contributed by atoms with van der Waals surface area (Å²) in [5.41, 5.74) is 0.684. The number of rotatable bonds is 6. The van der Waals surface area contributed by atoms with Crippen LogP contribution >= 0.6 is 23.2 Å². The Balaban J connectivity index is 2.87. The summed E-state index contributed by atoms with van der Waals surface area (Å²) >= 11 is 12.2. The second kappa shape index (κ2) is 8.45. The lowest BCUT2D eigenvalue weighted by Crippen LogP contribution is -2.35. The van der Waals surface area contributed by atoms with Crippen molar-refractivity contribution in [2.75, 3.05) is 13.1 Å². The molecule has 0 aliphatic carbocycles. The molecule has 0 atom stereocenters. The summed E-state index contributed by atoms with van der Waals surface area (Å²) in [6.07, 6.45) is 3.25. The van der Waals surface area contributed by atoms with E-state index in [2.05, 4.69) is 27.7 Å². The van der Waals surface area contributed by atoms with Gasteiger partial charge in [-0.2, -0.15) is 0 Å². The fraction of sp³-hybridized carbons (Fsp3) is 0.471. The zero-order valence-corrected chi connectivity index (χ0v) is 14.6. The van der Waals surface area contributed by atoms with Gasteiger partial charge >= 0.3 is 0 Å². The second-order valence-corrected chi connectivity index (χ2v) is 6.81. The number of carbonyl (C=O) groups is 1. The van der Waals surface area contributed by atoms with Gasteiger partial charge in [0, 0.05) is 34.8 Å². The molecule has 116 valence electrons. The van der Waals surface area contributed by atoms with Crippen LogP contribution < -0.4 is 0 Å². The van der Waals surface area contributed by atoms with E-state index in [1.807, 2.05) is 4.90 Å². The van der Waals surface area contributed by atoms with E-state index in [0.717, 1.165) is 13.1 Å². The molecule has 0 radical (unpaired) electrons. The van der Waals surface area contributed by atoms with Crippen LogP contribution in [0.4, 0.5) is 0 Å². The quantitative estimate of drug-likeness (QED) is 0.662. The van der Waals surface area contributed by atoms with Crippen LogP contribution in [0, 0.1) is 11.8 Å². The standard InChI is InChI=1S/C17H23Cl2NO/c1-12(2)10-20(11-13(3)4)17(21)9-8-14-15(18)6-5-7-16(14)19/h5-9,12-13H,10-11H2,1-4H3/b9-8+. The van der Waals surface area contributed by atoms with Crippen LogP contribution in [0.25, 0.3) is 6.08 Å². The summed E-state index contributed by atoms with van der Waals surface area (Å²) in [7, 11) is 0. The minimum absolute atomic E-state index is 0.00612. The van der Waals surface area contributed by atoms with Crippen LogP contribution in [0.3, 0.4) is 0 Å². The van der Waals surface area contributed by atoms with Crippen molar-refractivity contribution in [3.05, 3.63) is 39.9 Å². The number of nitrogens with zero attached hydrogens (tertiary/aromatic N) is 1. The van der Waals surface area contributed by atoms with Crippen molar-refractivity contribution in [2.45, 2.75) is 27.7 Å². The van der Waals surface area contributed by atoms with E-state index in [1.54, 1.807) is 30.4 Å². The van der Waals surface area contributed by atoms with E-state index < -0.39 is 0 Å². The van der Waals surface area contributed by atoms with Crippen LogP contribution in [0.1, 0.15) is 33.3 Å². The molecular weight excluding hydrogens is 305 g/mol. The normalized spacial score (nSPS) is 11.6. The maximum Gasteiger partial charge on any atom is 0.246 e. The topological polar surface area (TPSA) is 20.3 Å². The largest absolute Gasteiger partial charge is 0.339 e. The van der Waals surface area contributed by atoms with Gasteiger partial charge in [-0.05, 0) is 30.0 Å². The molecule has 0 saturated heterocycles. The van der Waals surface area contributed by atoms with Crippen LogP contribution in [0.2, 0.25) is 10.0 Å². The molecule has 21 heavy (non-hydrogen) atoms. The van der Waals surface area contributed by atoms with Crippen LogP contribution in [0.15, 0.2) is 24.3 Å². The lowest BCUT2D eigenvalue weighted by Gasteiger charge is -2.25. The lowest BCUT2D eigenvalue weighted by molar-refractivity contribution is -0.127. The Labute approximate surface area is 137 Å². The lowest BCUT2D eigenvalue weighted by atomic mass is 10.1. The zero-order valence-electron chi connectivity index (χ0n) is 13.1. The van der Waals surface area contributed by atoms with E-state index in [0.29, 0.717) is 27.4 Å². The summed E-state index contributed by atoms with van der Waals surface area (Å²) in [4.78, 5) is 14.2. The molecule has 0 aliphatic heterocycles. The first-order chi connectivity index (χ1) is 9.81. The maximum atomic E-state index is 12.4. The van der Waals surface area contributed by atoms with Crippen molar-refractivity contribution in [3.8, 4) is 0 Å². The molecule has 0 saturated carbocycles. The Bertz CT molecular complexity index is 479. The Morgan fingerprint density at radius 2 is 1.57 bits per heavy atom. The van der Waals surface area contributed by atoms with Crippen molar-refractivity contribution < 1.29 is 4.79 Å². The van der Waals surface area contributed by atoms with Gasteiger partial charge in [0.15, 0.2) is 0 Å². The smallest absolute Gasteiger partial charge is 0.246 e. The Kier molecular flexibility index (Phi) is 7.27. The highest BCUT2D eigenvalue weighted by molar-refractivity contribution is 6.37. The number of amides is 1. The first-order valence-corrected chi connectivity index (χ1v) is 7.97. The van der Waals surface area contributed by atoms with Crippen LogP contribution in [-0.4, -0.2) is 23.9 Å². The molecule has 0 unspecified atom stereocenters. The summed E-state index contributed by atoms with van der Waals surface area (Å²) in [6.45, 7) is 9.92. The van der Waals surface area contributed by atoms with Crippen molar-refractivity contribution in [3.63, 3.8) is 0 Å². The first-order valence-electron chi connectivity index (χ1n) is 7.22. The molecule has 0 spiro atoms. The number of carbonyl (C=O) groups excluding carboxylic acids is 1.